The molecule has 8 heteroatoms. The minimum atomic E-state index is -2.28. The van der Waals surface area contributed by atoms with Gasteiger partial charge in [-0.3, -0.25) is 0 Å². The van der Waals surface area contributed by atoms with Crippen molar-refractivity contribution in [3.8, 4) is 5.75 Å². The number of benzene rings is 2. The van der Waals surface area contributed by atoms with Crippen LogP contribution in [0.1, 0.15) is 49.4 Å². The number of hydrogen-bond acceptors (Lipinski definition) is 6. The van der Waals surface area contributed by atoms with Crippen molar-refractivity contribution in [2.75, 3.05) is 12.0 Å². The lowest BCUT2D eigenvalue weighted by molar-refractivity contribution is 0.0660. The quantitative estimate of drug-likeness (QED) is 0.541. The fourth-order valence-electron chi connectivity index (χ4n) is 4.23. The number of aromatic nitrogens is 2. The maximum absolute atomic E-state index is 14.0. The van der Waals surface area contributed by atoms with Crippen LogP contribution in [0.3, 0.4) is 0 Å². The SMILES string of the molecule is CCS(C)(=O)=Nc1cc(C)c2c(Cc3ccc(F)cc3OC3CCC(O)CC3)ncnc2c1. The summed E-state index contributed by atoms with van der Waals surface area (Å²) in [7, 11) is -2.28. The van der Waals surface area contributed by atoms with Crippen LogP contribution in [0.5, 0.6) is 5.75 Å². The maximum atomic E-state index is 14.0. The van der Waals surface area contributed by atoms with E-state index in [4.69, 9.17) is 4.74 Å². The molecular formula is C25H30FN3O3S. The van der Waals surface area contributed by atoms with Gasteiger partial charge in [0.05, 0.1) is 29.1 Å². The van der Waals surface area contributed by atoms with E-state index in [0.717, 1.165) is 40.6 Å². The van der Waals surface area contributed by atoms with E-state index >= 15 is 0 Å². The molecule has 176 valence electrons. The van der Waals surface area contributed by atoms with Crippen LogP contribution in [-0.2, 0) is 16.1 Å². The van der Waals surface area contributed by atoms with Gasteiger partial charge in [-0.2, -0.15) is 4.36 Å². The van der Waals surface area contributed by atoms with Gasteiger partial charge in [0.2, 0.25) is 0 Å². The molecule has 1 unspecified atom stereocenters. The Kier molecular flexibility index (Phi) is 6.95. The highest BCUT2D eigenvalue weighted by Gasteiger charge is 2.22. The average molecular weight is 472 g/mol. The van der Waals surface area contributed by atoms with Crippen molar-refractivity contribution >= 4 is 26.3 Å². The molecule has 0 aliphatic heterocycles. The number of aliphatic hydroxyl groups is 1. The molecule has 1 fully saturated rings. The summed E-state index contributed by atoms with van der Waals surface area (Å²) in [6.07, 6.45) is 6.19. The summed E-state index contributed by atoms with van der Waals surface area (Å²) in [5.74, 6) is 0.645. The van der Waals surface area contributed by atoms with Crippen molar-refractivity contribution in [3.05, 3.63) is 59.3 Å². The predicted octanol–water partition coefficient (Wildman–Crippen LogP) is 5.10. The second-order valence-electron chi connectivity index (χ2n) is 8.79. The number of rotatable bonds is 6. The molecular weight excluding hydrogens is 441 g/mol. The zero-order chi connectivity index (χ0) is 23.6. The van der Waals surface area contributed by atoms with Gasteiger partial charge in [0.25, 0.3) is 0 Å². The Labute approximate surface area is 194 Å². The van der Waals surface area contributed by atoms with Gasteiger partial charge >= 0.3 is 0 Å². The zero-order valence-corrected chi connectivity index (χ0v) is 20.1. The largest absolute Gasteiger partial charge is 0.490 e. The second-order valence-corrected chi connectivity index (χ2v) is 11.5. The first-order valence-electron chi connectivity index (χ1n) is 11.3. The standard InChI is InChI=1S/C25H30FN3O3S/c1-4-33(3,31)29-19-11-16(2)25-22(27-15-28-23(25)14-19)12-17-5-6-18(26)13-24(17)32-21-9-7-20(30)8-10-21/h5-6,11,13-15,20-21,30H,4,7-10,12H2,1-3H3. The Morgan fingerprint density at radius 1 is 1.18 bits per heavy atom. The molecule has 1 atom stereocenters. The highest BCUT2D eigenvalue weighted by Crippen LogP contribution is 2.32. The van der Waals surface area contributed by atoms with Crippen molar-refractivity contribution in [1.82, 2.24) is 9.97 Å². The number of aryl methyl sites for hydroxylation is 1. The molecule has 0 bridgehead atoms. The number of ether oxygens (including phenoxy) is 1. The summed E-state index contributed by atoms with van der Waals surface area (Å²) in [6.45, 7) is 3.82. The van der Waals surface area contributed by atoms with Gasteiger partial charge in [-0.1, -0.05) is 13.0 Å². The zero-order valence-electron chi connectivity index (χ0n) is 19.3. The molecule has 1 aliphatic carbocycles. The Morgan fingerprint density at radius 3 is 2.67 bits per heavy atom. The predicted molar refractivity (Wildman–Crippen MR) is 129 cm³/mol. The summed E-state index contributed by atoms with van der Waals surface area (Å²) in [4.78, 5) is 8.94. The van der Waals surface area contributed by atoms with Gasteiger partial charge in [-0.05, 0) is 56.4 Å². The van der Waals surface area contributed by atoms with E-state index in [9.17, 15) is 13.7 Å². The van der Waals surface area contributed by atoms with Crippen LogP contribution in [0, 0.1) is 12.7 Å². The highest BCUT2D eigenvalue weighted by atomic mass is 32.2. The molecule has 1 N–H and O–H groups in total. The molecule has 1 heterocycles. The van der Waals surface area contributed by atoms with Crippen LogP contribution < -0.4 is 4.74 Å². The summed E-state index contributed by atoms with van der Waals surface area (Å²) >= 11 is 0. The van der Waals surface area contributed by atoms with Crippen molar-refractivity contribution in [3.63, 3.8) is 0 Å². The summed E-state index contributed by atoms with van der Waals surface area (Å²) in [5.41, 5.74) is 3.98. The van der Waals surface area contributed by atoms with E-state index in [-0.39, 0.29) is 18.0 Å². The van der Waals surface area contributed by atoms with E-state index in [1.807, 2.05) is 26.0 Å². The van der Waals surface area contributed by atoms with Gasteiger partial charge in [-0.15, -0.1) is 0 Å². The summed E-state index contributed by atoms with van der Waals surface area (Å²) in [5, 5.41) is 10.7. The van der Waals surface area contributed by atoms with Crippen LogP contribution in [-0.4, -0.2) is 43.5 Å². The fourth-order valence-corrected chi connectivity index (χ4v) is 4.91. The monoisotopic (exact) mass is 471 g/mol. The van der Waals surface area contributed by atoms with E-state index < -0.39 is 9.73 Å². The average Bonchev–Trinajstić information content (AvgIpc) is 2.77. The van der Waals surface area contributed by atoms with Crippen molar-refractivity contribution in [2.45, 2.75) is 58.2 Å². The minimum Gasteiger partial charge on any atom is -0.490 e. The van der Waals surface area contributed by atoms with Gasteiger partial charge in [-0.25, -0.2) is 18.6 Å². The Bertz CT molecular complexity index is 1280. The van der Waals surface area contributed by atoms with E-state index in [1.165, 1.54) is 18.5 Å². The van der Waals surface area contributed by atoms with E-state index in [0.29, 0.717) is 36.5 Å². The van der Waals surface area contributed by atoms with Crippen LogP contribution in [0.15, 0.2) is 41.0 Å². The summed E-state index contributed by atoms with van der Waals surface area (Å²) < 4.78 is 37.1. The third-order valence-electron chi connectivity index (χ3n) is 6.16. The molecule has 1 aliphatic rings. The third kappa shape index (κ3) is 5.68. The van der Waals surface area contributed by atoms with E-state index in [1.54, 1.807) is 12.3 Å². The van der Waals surface area contributed by atoms with Gasteiger partial charge < -0.3 is 9.84 Å². The van der Waals surface area contributed by atoms with E-state index in [2.05, 4.69) is 14.3 Å². The van der Waals surface area contributed by atoms with Crippen LogP contribution >= 0.6 is 0 Å². The lowest BCUT2D eigenvalue weighted by atomic mass is 9.95. The topological polar surface area (TPSA) is 84.7 Å². The third-order valence-corrected chi connectivity index (χ3v) is 7.83. The van der Waals surface area contributed by atoms with Gasteiger partial charge in [0.1, 0.15) is 17.9 Å². The fraction of sp³-hybridized carbons (Fsp3) is 0.440. The lowest BCUT2D eigenvalue weighted by Gasteiger charge is -2.27. The van der Waals surface area contributed by atoms with Crippen molar-refractivity contribution in [2.24, 2.45) is 4.36 Å². The first-order valence-corrected chi connectivity index (χ1v) is 13.4. The highest BCUT2D eigenvalue weighted by molar-refractivity contribution is 7.93. The number of aliphatic hydroxyl groups excluding tert-OH is 1. The summed E-state index contributed by atoms with van der Waals surface area (Å²) in [6, 6.07) is 8.34. The molecule has 0 spiro atoms. The minimum absolute atomic E-state index is 0.0375. The molecule has 1 aromatic heterocycles. The number of nitrogens with zero attached hydrogens (tertiary/aromatic N) is 3. The molecule has 6 nitrogen and oxygen atoms in total. The maximum Gasteiger partial charge on any atom is 0.126 e. The Balaban J connectivity index is 1.68. The molecule has 0 amide bonds. The van der Waals surface area contributed by atoms with Crippen LogP contribution in [0.2, 0.25) is 0 Å². The van der Waals surface area contributed by atoms with Crippen LogP contribution in [0.4, 0.5) is 10.1 Å². The molecule has 0 radical (unpaired) electrons. The number of halogens is 1. The molecule has 33 heavy (non-hydrogen) atoms. The number of hydrogen-bond donors (Lipinski definition) is 1. The van der Waals surface area contributed by atoms with Crippen LogP contribution in [0.25, 0.3) is 10.9 Å². The van der Waals surface area contributed by atoms with Crippen molar-refractivity contribution in [1.29, 1.82) is 0 Å². The smallest absolute Gasteiger partial charge is 0.126 e. The first kappa shape index (κ1) is 23.6. The Hall–Kier alpha value is -2.58. The first-order chi connectivity index (χ1) is 15.7. The number of fused-ring (bicyclic) bond motifs is 1. The molecule has 0 saturated heterocycles. The molecule has 2 aromatic carbocycles. The van der Waals surface area contributed by atoms with Crippen molar-refractivity contribution < 1.29 is 18.4 Å². The lowest BCUT2D eigenvalue weighted by Crippen LogP contribution is -2.26. The molecule has 4 rings (SSSR count). The molecule has 1 saturated carbocycles. The van der Waals surface area contributed by atoms with Gasteiger partial charge in [0, 0.05) is 45.2 Å². The second kappa shape index (κ2) is 9.73. The Morgan fingerprint density at radius 2 is 1.94 bits per heavy atom. The normalized spacial score (nSPS) is 20.4. The molecule has 3 aromatic rings. The van der Waals surface area contributed by atoms with Gasteiger partial charge in [0.15, 0.2) is 0 Å².